The van der Waals surface area contributed by atoms with Crippen molar-refractivity contribution in [2.45, 2.75) is 37.9 Å². The summed E-state index contributed by atoms with van der Waals surface area (Å²) >= 11 is 0. The van der Waals surface area contributed by atoms with Crippen LogP contribution in [0.5, 0.6) is 0 Å². The molecule has 1 atom stereocenters. The first-order chi connectivity index (χ1) is 14.9. The second kappa shape index (κ2) is 7.58. The molecule has 0 saturated heterocycles. The summed E-state index contributed by atoms with van der Waals surface area (Å²) in [6, 6.07) is 7.25. The number of alkyl halides is 2. The Morgan fingerprint density at radius 2 is 1.91 bits per heavy atom. The summed E-state index contributed by atoms with van der Waals surface area (Å²) in [6.07, 6.45) is 2.63. The van der Waals surface area contributed by atoms with Crippen LogP contribution in [0.2, 0.25) is 0 Å². The smallest absolute Gasteiger partial charge is 0.283 e. The number of aryl methyl sites for hydroxylation is 1. The van der Waals surface area contributed by atoms with Crippen LogP contribution < -0.4 is 10.3 Å². The normalized spacial score (nSPS) is 17.2. The number of benzene rings is 1. The molecule has 172 valence electrons. The summed E-state index contributed by atoms with van der Waals surface area (Å²) in [5, 5.41) is 3.12. The van der Waals surface area contributed by atoms with Gasteiger partial charge in [0.1, 0.15) is 5.69 Å². The Morgan fingerprint density at radius 1 is 1.22 bits per heavy atom. The van der Waals surface area contributed by atoms with Crippen molar-refractivity contribution in [3.63, 3.8) is 0 Å². The molecule has 0 bridgehead atoms. The van der Waals surface area contributed by atoms with E-state index in [-0.39, 0.29) is 5.69 Å². The van der Waals surface area contributed by atoms with Gasteiger partial charge in [-0.05, 0) is 37.5 Å². The van der Waals surface area contributed by atoms with E-state index in [2.05, 4.69) is 9.82 Å². The third-order valence-corrected chi connectivity index (χ3v) is 8.05. The van der Waals surface area contributed by atoms with Crippen molar-refractivity contribution in [3.8, 4) is 16.8 Å². The van der Waals surface area contributed by atoms with Crippen LogP contribution in [0.4, 0.5) is 14.5 Å². The minimum atomic E-state index is -4.02. The number of hydrogen-bond donors (Lipinski definition) is 1. The van der Waals surface area contributed by atoms with Crippen LogP contribution in [-0.4, -0.2) is 38.7 Å². The lowest BCUT2D eigenvalue weighted by Crippen LogP contribution is -2.45. The predicted octanol–water partition coefficient (Wildman–Crippen LogP) is 3.06. The Balaban J connectivity index is 1.67. The van der Waals surface area contributed by atoms with E-state index in [4.69, 9.17) is 0 Å². The molecule has 2 aromatic heterocycles. The van der Waals surface area contributed by atoms with Gasteiger partial charge in [-0.2, -0.15) is 5.10 Å². The van der Waals surface area contributed by atoms with Crippen molar-refractivity contribution in [2.24, 2.45) is 20.0 Å². The lowest BCUT2D eigenvalue weighted by molar-refractivity contribution is -0.109. The van der Waals surface area contributed by atoms with Crippen LogP contribution in [0.15, 0.2) is 41.5 Å². The van der Waals surface area contributed by atoms with Crippen molar-refractivity contribution in [1.82, 2.24) is 19.1 Å². The lowest BCUT2D eigenvalue weighted by atomic mass is 9.79. The summed E-state index contributed by atoms with van der Waals surface area (Å²) in [7, 11) is -0.562. The fourth-order valence-corrected chi connectivity index (χ4v) is 5.44. The lowest BCUT2D eigenvalue weighted by Gasteiger charge is -2.38. The van der Waals surface area contributed by atoms with E-state index < -0.39 is 45.5 Å². The topological polar surface area (TPSA) is 90.9 Å². The fraction of sp³-hybridized carbons (Fsp3) is 0.429. The van der Waals surface area contributed by atoms with Gasteiger partial charge in [0, 0.05) is 38.7 Å². The molecule has 1 aromatic carbocycles. The van der Waals surface area contributed by atoms with Gasteiger partial charge in [-0.1, -0.05) is 12.1 Å². The van der Waals surface area contributed by atoms with Crippen LogP contribution in [0, 0.1) is 12.8 Å². The van der Waals surface area contributed by atoms with E-state index in [0.717, 1.165) is 11.1 Å². The maximum absolute atomic E-state index is 13.2. The molecule has 0 aliphatic heterocycles. The Kier molecular flexibility index (Phi) is 5.27. The molecule has 2 heterocycles. The van der Waals surface area contributed by atoms with E-state index in [0.29, 0.717) is 11.4 Å². The predicted molar refractivity (Wildman–Crippen MR) is 118 cm³/mol. The molecule has 0 amide bonds. The highest BCUT2D eigenvalue weighted by Gasteiger charge is 2.50. The molecule has 1 aliphatic rings. The fourth-order valence-electron chi connectivity index (χ4n) is 4.03. The number of hydrogen-bond acceptors (Lipinski definition) is 4. The Hall–Kier alpha value is -2.95. The number of aromatic nitrogens is 4. The summed E-state index contributed by atoms with van der Waals surface area (Å²) < 4.78 is 59.1. The van der Waals surface area contributed by atoms with Crippen molar-refractivity contribution in [1.29, 1.82) is 0 Å². The first-order valence-electron chi connectivity index (χ1n) is 10.2. The van der Waals surface area contributed by atoms with E-state index in [1.807, 2.05) is 25.4 Å². The summed E-state index contributed by atoms with van der Waals surface area (Å²) in [5.74, 6) is -3.46. The van der Waals surface area contributed by atoms with E-state index in [9.17, 15) is 22.0 Å². The van der Waals surface area contributed by atoms with Crippen LogP contribution in [0.3, 0.4) is 0 Å². The maximum Gasteiger partial charge on any atom is 0.296 e. The highest BCUT2D eigenvalue weighted by atomic mass is 32.2. The average Bonchev–Trinajstić information content (AvgIpc) is 3.23. The second-order valence-corrected chi connectivity index (χ2v) is 10.5. The van der Waals surface area contributed by atoms with Gasteiger partial charge in [0.05, 0.1) is 22.8 Å². The largest absolute Gasteiger partial charge is 0.296 e. The maximum atomic E-state index is 13.2. The van der Waals surface area contributed by atoms with Gasteiger partial charge in [-0.15, -0.1) is 0 Å². The van der Waals surface area contributed by atoms with E-state index >= 15 is 0 Å². The third kappa shape index (κ3) is 3.85. The first kappa shape index (κ1) is 22.3. The van der Waals surface area contributed by atoms with Crippen molar-refractivity contribution in [3.05, 3.63) is 52.7 Å². The van der Waals surface area contributed by atoms with Gasteiger partial charge in [-0.3, -0.25) is 18.9 Å². The van der Waals surface area contributed by atoms with Gasteiger partial charge < -0.3 is 0 Å². The molecule has 1 fully saturated rings. The Labute approximate surface area is 184 Å². The minimum absolute atomic E-state index is 0.0859. The number of halogens is 2. The molecular formula is C21H25F2N5O3S. The molecule has 0 radical (unpaired) electrons. The Bertz CT molecular complexity index is 1330. The SMILES string of the molecule is Cc1c(NS(=O)(=O)C(C)C2CC(F)(F)C2)c(=O)n(-c2cccc(-c3cnn(C)c3)c2)n1C. The quantitative estimate of drug-likeness (QED) is 0.606. The first-order valence-corrected chi connectivity index (χ1v) is 11.7. The monoisotopic (exact) mass is 465 g/mol. The molecule has 1 aliphatic carbocycles. The number of sulfonamides is 1. The molecule has 8 nitrogen and oxygen atoms in total. The zero-order valence-corrected chi connectivity index (χ0v) is 19.0. The summed E-state index contributed by atoms with van der Waals surface area (Å²) in [4.78, 5) is 13.2. The van der Waals surface area contributed by atoms with Crippen molar-refractivity contribution >= 4 is 15.7 Å². The molecule has 11 heteroatoms. The molecule has 0 spiro atoms. The number of nitrogens with zero attached hydrogens (tertiary/aromatic N) is 4. The molecule has 32 heavy (non-hydrogen) atoms. The average molecular weight is 466 g/mol. The van der Waals surface area contributed by atoms with Crippen molar-refractivity contribution in [2.75, 3.05) is 4.72 Å². The van der Waals surface area contributed by atoms with E-state index in [1.165, 1.54) is 11.6 Å². The molecule has 4 rings (SSSR count). The van der Waals surface area contributed by atoms with E-state index in [1.54, 1.807) is 41.7 Å². The molecule has 1 saturated carbocycles. The Morgan fingerprint density at radius 3 is 2.50 bits per heavy atom. The van der Waals surface area contributed by atoms with Gasteiger partial charge in [-0.25, -0.2) is 21.9 Å². The van der Waals surface area contributed by atoms with Crippen LogP contribution in [0.1, 0.15) is 25.5 Å². The van der Waals surface area contributed by atoms with Crippen molar-refractivity contribution < 1.29 is 17.2 Å². The van der Waals surface area contributed by atoms with Crippen LogP contribution >= 0.6 is 0 Å². The molecular weight excluding hydrogens is 440 g/mol. The number of anilines is 1. The molecule has 1 N–H and O–H groups in total. The van der Waals surface area contributed by atoms with Gasteiger partial charge in [0.15, 0.2) is 0 Å². The highest BCUT2D eigenvalue weighted by molar-refractivity contribution is 7.93. The number of nitrogens with one attached hydrogen (secondary N) is 1. The van der Waals surface area contributed by atoms with Gasteiger partial charge in [0.2, 0.25) is 15.9 Å². The zero-order chi connectivity index (χ0) is 23.4. The third-order valence-electron chi connectivity index (χ3n) is 6.20. The molecule has 1 unspecified atom stereocenters. The minimum Gasteiger partial charge on any atom is -0.283 e. The van der Waals surface area contributed by atoms with Gasteiger partial charge >= 0.3 is 0 Å². The van der Waals surface area contributed by atoms with Gasteiger partial charge in [0.25, 0.3) is 5.56 Å². The standard InChI is InChI=1S/C21H25F2N5O3S/c1-13-19(25-32(30,31)14(2)16-9-21(22,23)10-16)20(29)28(27(13)4)18-7-5-6-15(8-18)17-11-24-26(3)12-17/h5-8,11-12,14,16,25H,9-10H2,1-4H3. The summed E-state index contributed by atoms with van der Waals surface area (Å²) in [6.45, 7) is 3.03. The van der Waals surface area contributed by atoms with Crippen LogP contribution in [0.25, 0.3) is 16.8 Å². The number of rotatable bonds is 6. The summed E-state index contributed by atoms with van der Waals surface area (Å²) in [5.41, 5.74) is 2.07. The zero-order valence-electron chi connectivity index (χ0n) is 18.2. The molecule has 3 aromatic rings. The highest BCUT2D eigenvalue weighted by Crippen LogP contribution is 2.45. The van der Waals surface area contributed by atoms with Crippen LogP contribution in [-0.2, 0) is 24.1 Å². The second-order valence-electron chi connectivity index (χ2n) is 8.43.